The van der Waals surface area contributed by atoms with Gasteiger partial charge in [0.2, 0.25) is 0 Å². The highest BCUT2D eigenvalue weighted by atomic mass is 16.2. The van der Waals surface area contributed by atoms with Gasteiger partial charge in [0.05, 0.1) is 0 Å². The average molecular weight is 289 g/mol. The Labute approximate surface area is 127 Å². The van der Waals surface area contributed by atoms with Crippen LogP contribution < -0.4 is 5.32 Å². The Kier molecular flexibility index (Phi) is 5.21. The van der Waals surface area contributed by atoms with Crippen LogP contribution in [0.4, 0.5) is 5.82 Å². The number of carbonyl (C=O) groups excluding carboxylic acids is 1. The van der Waals surface area contributed by atoms with Gasteiger partial charge in [-0.1, -0.05) is 13.3 Å². The molecule has 1 N–H and O–H groups in total. The van der Waals surface area contributed by atoms with Crippen LogP contribution in [0.1, 0.15) is 62.5 Å². The molecule has 4 heteroatoms. The summed E-state index contributed by atoms with van der Waals surface area (Å²) in [4.78, 5) is 19.5. The average Bonchev–Trinajstić information content (AvgIpc) is 2.47. The molecule has 0 radical (unpaired) electrons. The number of nitrogens with zero attached hydrogens (tertiary/aromatic N) is 2. The number of hydrogen-bond donors (Lipinski definition) is 1. The van der Waals surface area contributed by atoms with Crippen molar-refractivity contribution in [2.24, 2.45) is 0 Å². The zero-order valence-corrected chi connectivity index (χ0v) is 13.6. The zero-order chi connectivity index (χ0) is 15.4. The van der Waals surface area contributed by atoms with Gasteiger partial charge in [-0.15, -0.1) is 0 Å². The van der Waals surface area contributed by atoms with E-state index >= 15 is 0 Å². The highest BCUT2D eigenvalue weighted by Crippen LogP contribution is 2.25. The minimum Gasteiger partial charge on any atom is -0.373 e. The first-order chi connectivity index (χ1) is 10.1. The van der Waals surface area contributed by atoms with Crippen molar-refractivity contribution < 1.29 is 4.79 Å². The number of carbonyl (C=O) groups is 1. The molecule has 4 nitrogen and oxygen atoms in total. The Hall–Kier alpha value is -1.58. The second kappa shape index (κ2) is 6.92. The van der Waals surface area contributed by atoms with Crippen LogP contribution in [-0.2, 0) is 6.42 Å². The topological polar surface area (TPSA) is 45.2 Å². The van der Waals surface area contributed by atoms with Crippen molar-refractivity contribution in [3.05, 3.63) is 23.4 Å². The molecule has 21 heavy (non-hydrogen) atoms. The molecule has 2 heterocycles. The Bertz CT molecular complexity index is 491. The van der Waals surface area contributed by atoms with Gasteiger partial charge >= 0.3 is 0 Å². The summed E-state index contributed by atoms with van der Waals surface area (Å²) in [5.41, 5.74) is 1.75. The number of piperidine rings is 1. The summed E-state index contributed by atoms with van der Waals surface area (Å²) >= 11 is 0. The van der Waals surface area contributed by atoms with Crippen molar-refractivity contribution >= 4 is 11.7 Å². The summed E-state index contributed by atoms with van der Waals surface area (Å²) < 4.78 is 0. The number of pyridine rings is 1. The molecule has 2 atom stereocenters. The SMILES string of the molecule is CCCc1cc(C(=O)N2C(C)CCCC2C)cc(NC)n1. The van der Waals surface area contributed by atoms with Crippen LogP contribution >= 0.6 is 0 Å². The van der Waals surface area contributed by atoms with Gasteiger partial charge in [0.25, 0.3) is 5.91 Å². The van der Waals surface area contributed by atoms with E-state index in [0.29, 0.717) is 12.1 Å². The van der Waals surface area contributed by atoms with Gasteiger partial charge in [0.15, 0.2) is 0 Å². The molecule has 0 spiro atoms. The Balaban J connectivity index is 2.30. The minimum atomic E-state index is 0.144. The molecular formula is C17H27N3O. The molecule has 0 saturated carbocycles. The highest BCUT2D eigenvalue weighted by Gasteiger charge is 2.29. The van der Waals surface area contributed by atoms with Crippen LogP contribution in [0.25, 0.3) is 0 Å². The molecule has 1 amide bonds. The molecule has 1 saturated heterocycles. The molecule has 1 aliphatic heterocycles. The zero-order valence-electron chi connectivity index (χ0n) is 13.6. The number of nitrogens with one attached hydrogen (secondary N) is 1. The van der Waals surface area contributed by atoms with Crippen molar-refractivity contribution in [3.8, 4) is 0 Å². The lowest BCUT2D eigenvalue weighted by molar-refractivity contribution is 0.0510. The van der Waals surface area contributed by atoms with E-state index in [1.165, 1.54) is 6.42 Å². The largest absolute Gasteiger partial charge is 0.373 e. The summed E-state index contributed by atoms with van der Waals surface area (Å²) in [6.07, 6.45) is 5.35. The van der Waals surface area contributed by atoms with Crippen molar-refractivity contribution in [2.75, 3.05) is 12.4 Å². The monoisotopic (exact) mass is 289 g/mol. The van der Waals surface area contributed by atoms with Crippen molar-refractivity contribution in [1.29, 1.82) is 0 Å². The second-order valence-corrected chi connectivity index (χ2v) is 6.07. The van der Waals surface area contributed by atoms with Gasteiger partial charge in [-0.2, -0.15) is 0 Å². The van der Waals surface area contributed by atoms with Gasteiger partial charge in [0.1, 0.15) is 5.82 Å². The number of aryl methyl sites for hydroxylation is 1. The normalized spacial score (nSPS) is 22.2. The number of anilines is 1. The summed E-state index contributed by atoms with van der Waals surface area (Å²) in [6, 6.07) is 4.47. The van der Waals surface area contributed by atoms with E-state index < -0.39 is 0 Å². The Morgan fingerprint density at radius 1 is 1.33 bits per heavy atom. The fourth-order valence-electron chi connectivity index (χ4n) is 3.19. The van der Waals surface area contributed by atoms with E-state index in [1.54, 1.807) is 0 Å². The predicted octanol–water partition coefficient (Wildman–Crippen LogP) is 3.48. The molecule has 0 bridgehead atoms. The molecule has 1 fully saturated rings. The maximum absolute atomic E-state index is 12.9. The molecule has 0 aliphatic carbocycles. The number of aromatic nitrogens is 1. The molecule has 116 valence electrons. The highest BCUT2D eigenvalue weighted by molar-refractivity contribution is 5.95. The van der Waals surface area contributed by atoms with E-state index in [-0.39, 0.29) is 5.91 Å². The van der Waals surface area contributed by atoms with Crippen molar-refractivity contribution in [3.63, 3.8) is 0 Å². The molecule has 2 rings (SSSR count). The Morgan fingerprint density at radius 3 is 2.57 bits per heavy atom. The number of rotatable bonds is 4. The van der Waals surface area contributed by atoms with E-state index in [4.69, 9.17) is 0 Å². The third-order valence-corrected chi connectivity index (χ3v) is 4.32. The van der Waals surface area contributed by atoms with Crippen LogP contribution in [0.2, 0.25) is 0 Å². The van der Waals surface area contributed by atoms with Crippen LogP contribution in [0.5, 0.6) is 0 Å². The van der Waals surface area contributed by atoms with Gasteiger partial charge in [-0.05, 0) is 51.7 Å². The van der Waals surface area contributed by atoms with Crippen LogP contribution in [-0.4, -0.2) is 34.9 Å². The second-order valence-electron chi connectivity index (χ2n) is 6.07. The number of hydrogen-bond acceptors (Lipinski definition) is 3. The summed E-state index contributed by atoms with van der Waals surface area (Å²) in [6.45, 7) is 6.44. The molecule has 1 aromatic heterocycles. The smallest absolute Gasteiger partial charge is 0.254 e. The third kappa shape index (κ3) is 3.55. The van der Waals surface area contributed by atoms with E-state index in [2.05, 4.69) is 31.1 Å². The fraction of sp³-hybridized carbons (Fsp3) is 0.647. The maximum atomic E-state index is 12.9. The quantitative estimate of drug-likeness (QED) is 0.923. The lowest BCUT2D eigenvalue weighted by Gasteiger charge is -2.39. The standard InChI is InChI=1S/C17H27N3O/c1-5-7-15-10-14(11-16(18-4)19-15)17(21)20-12(2)8-6-9-13(20)3/h10-13H,5-9H2,1-4H3,(H,18,19). The first-order valence-corrected chi connectivity index (χ1v) is 8.08. The van der Waals surface area contributed by atoms with Crippen LogP contribution in [0.15, 0.2) is 12.1 Å². The first kappa shape index (κ1) is 15.8. The van der Waals surface area contributed by atoms with Gasteiger partial charge in [0, 0.05) is 30.4 Å². The number of amides is 1. The van der Waals surface area contributed by atoms with Crippen LogP contribution in [0.3, 0.4) is 0 Å². The van der Waals surface area contributed by atoms with Crippen molar-refractivity contribution in [1.82, 2.24) is 9.88 Å². The van der Waals surface area contributed by atoms with Gasteiger partial charge < -0.3 is 10.2 Å². The molecular weight excluding hydrogens is 262 g/mol. The van der Waals surface area contributed by atoms with E-state index in [0.717, 1.165) is 42.8 Å². The minimum absolute atomic E-state index is 0.144. The molecule has 1 aliphatic rings. The van der Waals surface area contributed by atoms with Crippen molar-refractivity contribution in [2.45, 2.75) is 65.0 Å². The predicted molar refractivity (Wildman–Crippen MR) is 86.7 cm³/mol. The lowest BCUT2D eigenvalue weighted by Crippen LogP contribution is -2.47. The van der Waals surface area contributed by atoms with Gasteiger partial charge in [-0.3, -0.25) is 4.79 Å². The third-order valence-electron chi connectivity index (χ3n) is 4.32. The van der Waals surface area contributed by atoms with E-state index in [9.17, 15) is 4.79 Å². The molecule has 0 aromatic carbocycles. The fourth-order valence-corrected chi connectivity index (χ4v) is 3.19. The first-order valence-electron chi connectivity index (χ1n) is 8.08. The Morgan fingerprint density at radius 2 is 2.00 bits per heavy atom. The van der Waals surface area contributed by atoms with Gasteiger partial charge in [-0.25, -0.2) is 4.98 Å². The molecule has 2 unspecified atom stereocenters. The lowest BCUT2D eigenvalue weighted by atomic mass is 9.96. The summed E-state index contributed by atoms with van der Waals surface area (Å²) in [7, 11) is 1.85. The molecule has 1 aromatic rings. The summed E-state index contributed by atoms with van der Waals surface area (Å²) in [5.74, 6) is 0.924. The summed E-state index contributed by atoms with van der Waals surface area (Å²) in [5, 5.41) is 3.06. The van der Waals surface area contributed by atoms with Crippen LogP contribution in [0, 0.1) is 0 Å². The maximum Gasteiger partial charge on any atom is 0.254 e. The van der Waals surface area contributed by atoms with E-state index in [1.807, 2.05) is 24.1 Å². The number of likely N-dealkylation sites (tertiary alicyclic amines) is 1.